The predicted molar refractivity (Wildman–Crippen MR) is 90.3 cm³/mol. The van der Waals surface area contributed by atoms with Gasteiger partial charge in [0.05, 0.1) is 17.9 Å². The van der Waals surface area contributed by atoms with Gasteiger partial charge < -0.3 is 5.32 Å². The van der Waals surface area contributed by atoms with Crippen molar-refractivity contribution in [2.24, 2.45) is 0 Å². The molecule has 0 atom stereocenters. The highest BCUT2D eigenvalue weighted by Crippen LogP contribution is 2.26. The van der Waals surface area contributed by atoms with E-state index in [2.05, 4.69) is 28.3 Å². The quantitative estimate of drug-likeness (QED) is 0.792. The summed E-state index contributed by atoms with van der Waals surface area (Å²) in [6.07, 6.45) is 1.73. The van der Waals surface area contributed by atoms with E-state index in [0.29, 0.717) is 11.4 Å². The number of thiazole rings is 1. The molecule has 0 spiro atoms. The van der Waals surface area contributed by atoms with Crippen LogP contribution in [0.25, 0.3) is 10.7 Å². The van der Waals surface area contributed by atoms with Gasteiger partial charge in [-0.25, -0.2) is 4.98 Å². The zero-order valence-corrected chi connectivity index (χ0v) is 13.9. The lowest BCUT2D eigenvalue weighted by atomic mass is 10.3. The molecule has 3 heterocycles. The van der Waals surface area contributed by atoms with E-state index in [1.807, 2.05) is 30.5 Å². The van der Waals surface area contributed by atoms with Gasteiger partial charge in [-0.2, -0.15) is 0 Å². The summed E-state index contributed by atoms with van der Waals surface area (Å²) in [4.78, 5) is 22.9. The molecule has 3 aromatic rings. The van der Waals surface area contributed by atoms with Gasteiger partial charge in [0.25, 0.3) is 5.91 Å². The van der Waals surface area contributed by atoms with Crippen molar-refractivity contribution in [3.8, 4) is 10.7 Å². The van der Waals surface area contributed by atoms with Crippen molar-refractivity contribution in [3.05, 3.63) is 56.9 Å². The van der Waals surface area contributed by atoms with Gasteiger partial charge >= 0.3 is 0 Å². The first-order valence-electron chi connectivity index (χ1n) is 6.85. The van der Waals surface area contributed by atoms with Crippen LogP contribution in [0.3, 0.4) is 0 Å². The fourth-order valence-electron chi connectivity index (χ4n) is 2.03. The molecular formula is C16H15N3OS2. The van der Waals surface area contributed by atoms with E-state index in [4.69, 9.17) is 0 Å². The molecule has 0 fully saturated rings. The number of hydrogen-bond donors (Lipinski definition) is 1. The minimum Gasteiger partial charge on any atom is -0.346 e. The molecule has 0 bridgehead atoms. The minimum atomic E-state index is -0.0787. The van der Waals surface area contributed by atoms with E-state index < -0.39 is 0 Å². The summed E-state index contributed by atoms with van der Waals surface area (Å²) < 4.78 is 0. The third kappa shape index (κ3) is 3.08. The number of pyridine rings is 1. The van der Waals surface area contributed by atoms with E-state index in [0.717, 1.165) is 16.4 Å². The minimum absolute atomic E-state index is 0.0787. The summed E-state index contributed by atoms with van der Waals surface area (Å²) >= 11 is 3.04. The predicted octanol–water partition coefficient (Wildman–Crippen LogP) is 3.81. The Labute approximate surface area is 136 Å². The third-order valence-corrected chi connectivity index (χ3v) is 5.47. The largest absolute Gasteiger partial charge is 0.346 e. The average Bonchev–Trinajstić information content (AvgIpc) is 3.12. The molecule has 0 aromatic carbocycles. The third-order valence-electron chi connectivity index (χ3n) is 3.26. The maximum Gasteiger partial charge on any atom is 0.263 e. The maximum absolute atomic E-state index is 12.4. The molecule has 3 aromatic heterocycles. The topological polar surface area (TPSA) is 54.9 Å². The van der Waals surface area contributed by atoms with Crippen LogP contribution in [0.15, 0.2) is 35.8 Å². The Kier molecular flexibility index (Phi) is 4.31. The van der Waals surface area contributed by atoms with Crippen molar-refractivity contribution in [1.82, 2.24) is 15.3 Å². The highest BCUT2D eigenvalue weighted by atomic mass is 32.1. The van der Waals surface area contributed by atoms with Crippen LogP contribution < -0.4 is 5.32 Å². The van der Waals surface area contributed by atoms with Crippen LogP contribution >= 0.6 is 22.7 Å². The zero-order valence-electron chi connectivity index (χ0n) is 12.3. The van der Waals surface area contributed by atoms with Gasteiger partial charge in [-0.15, -0.1) is 22.7 Å². The molecule has 6 heteroatoms. The Bertz CT molecular complexity index is 793. The number of rotatable bonds is 4. The number of nitrogens with zero attached hydrogens (tertiary/aromatic N) is 2. The monoisotopic (exact) mass is 329 g/mol. The first-order chi connectivity index (χ1) is 10.6. The molecule has 0 aliphatic rings. The molecule has 0 saturated heterocycles. The molecule has 1 N–H and O–H groups in total. The summed E-state index contributed by atoms with van der Waals surface area (Å²) in [5.41, 5.74) is 2.75. The normalized spacial score (nSPS) is 10.6. The van der Waals surface area contributed by atoms with E-state index in [1.54, 1.807) is 17.5 Å². The van der Waals surface area contributed by atoms with E-state index in [9.17, 15) is 4.79 Å². The molecule has 3 rings (SSSR count). The van der Waals surface area contributed by atoms with Crippen LogP contribution in [0.4, 0.5) is 0 Å². The van der Waals surface area contributed by atoms with Crippen molar-refractivity contribution in [1.29, 1.82) is 0 Å². The number of amides is 1. The van der Waals surface area contributed by atoms with Gasteiger partial charge in [0.1, 0.15) is 9.88 Å². The lowest BCUT2D eigenvalue weighted by Crippen LogP contribution is -2.22. The van der Waals surface area contributed by atoms with E-state index in [1.165, 1.54) is 21.8 Å². The van der Waals surface area contributed by atoms with Crippen molar-refractivity contribution in [3.63, 3.8) is 0 Å². The van der Waals surface area contributed by atoms with E-state index >= 15 is 0 Å². The number of nitrogens with one attached hydrogen (secondary N) is 1. The highest BCUT2D eigenvalue weighted by Gasteiger charge is 2.16. The second-order valence-corrected chi connectivity index (χ2v) is 6.86. The number of carbonyl (C=O) groups excluding carboxylic acids is 1. The molecule has 1 amide bonds. The van der Waals surface area contributed by atoms with Crippen LogP contribution in [0.5, 0.6) is 0 Å². The second-order valence-electron chi connectivity index (χ2n) is 4.86. The number of thiophene rings is 1. The fourth-order valence-corrected chi connectivity index (χ4v) is 3.84. The number of carbonyl (C=O) groups is 1. The Morgan fingerprint density at radius 2 is 2.14 bits per heavy atom. The average molecular weight is 329 g/mol. The lowest BCUT2D eigenvalue weighted by molar-refractivity contribution is 0.0954. The van der Waals surface area contributed by atoms with Crippen molar-refractivity contribution >= 4 is 28.6 Å². The van der Waals surface area contributed by atoms with Gasteiger partial charge in [0.2, 0.25) is 0 Å². The summed E-state index contributed by atoms with van der Waals surface area (Å²) in [5.74, 6) is -0.0787. The molecule has 0 aliphatic carbocycles. The molecule has 112 valence electrons. The van der Waals surface area contributed by atoms with Crippen LogP contribution in [0.2, 0.25) is 0 Å². The molecular weight excluding hydrogens is 314 g/mol. The molecule has 4 nitrogen and oxygen atoms in total. The van der Waals surface area contributed by atoms with Crippen LogP contribution in [-0.2, 0) is 6.54 Å². The van der Waals surface area contributed by atoms with Gasteiger partial charge in [0, 0.05) is 11.1 Å². The van der Waals surface area contributed by atoms with Gasteiger partial charge in [-0.3, -0.25) is 9.78 Å². The van der Waals surface area contributed by atoms with E-state index in [-0.39, 0.29) is 5.91 Å². The molecule has 0 unspecified atom stereocenters. The van der Waals surface area contributed by atoms with Crippen LogP contribution in [0.1, 0.15) is 25.8 Å². The highest BCUT2D eigenvalue weighted by molar-refractivity contribution is 7.17. The lowest BCUT2D eigenvalue weighted by Gasteiger charge is -2.03. The van der Waals surface area contributed by atoms with Crippen molar-refractivity contribution in [2.75, 3.05) is 0 Å². The summed E-state index contributed by atoms with van der Waals surface area (Å²) in [6.45, 7) is 4.46. The van der Waals surface area contributed by atoms with Crippen molar-refractivity contribution in [2.45, 2.75) is 20.4 Å². The Morgan fingerprint density at radius 1 is 1.27 bits per heavy atom. The van der Waals surface area contributed by atoms with Gasteiger partial charge in [0.15, 0.2) is 0 Å². The smallest absolute Gasteiger partial charge is 0.263 e. The summed E-state index contributed by atoms with van der Waals surface area (Å²) in [5, 5.41) is 5.78. The SMILES string of the molecule is Cc1ccsc1CNC(=O)c1sc(-c2ccccn2)nc1C. The Morgan fingerprint density at radius 3 is 2.82 bits per heavy atom. The molecule has 0 aliphatic heterocycles. The zero-order chi connectivity index (χ0) is 15.5. The summed E-state index contributed by atoms with van der Waals surface area (Å²) in [7, 11) is 0. The van der Waals surface area contributed by atoms with Crippen LogP contribution in [0, 0.1) is 13.8 Å². The first kappa shape index (κ1) is 14.9. The van der Waals surface area contributed by atoms with Gasteiger partial charge in [-0.05, 0) is 43.0 Å². The Balaban J connectivity index is 1.76. The molecule has 22 heavy (non-hydrogen) atoms. The second kappa shape index (κ2) is 6.37. The Hall–Kier alpha value is -2.05. The molecule has 0 saturated carbocycles. The van der Waals surface area contributed by atoms with Crippen molar-refractivity contribution < 1.29 is 4.79 Å². The fraction of sp³-hybridized carbons (Fsp3) is 0.188. The molecule has 0 radical (unpaired) electrons. The summed E-state index contributed by atoms with van der Waals surface area (Å²) in [6, 6.07) is 7.73. The number of aromatic nitrogens is 2. The number of hydrogen-bond acceptors (Lipinski definition) is 5. The van der Waals surface area contributed by atoms with Gasteiger partial charge in [-0.1, -0.05) is 6.07 Å². The first-order valence-corrected chi connectivity index (χ1v) is 8.55. The maximum atomic E-state index is 12.4. The number of aryl methyl sites for hydroxylation is 2. The van der Waals surface area contributed by atoms with Crippen LogP contribution in [-0.4, -0.2) is 15.9 Å². The standard InChI is InChI=1S/C16H15N3OS2/c1-10-6-8-21-13(10)9-18-15(20)14-11(2)19-16(22-14)12-5-3-4-7-17-12/h3-8H,9H2,1-2H3,(H,18,20).